The molecule has 0 bridgehead atoms. The lowest BCUT2D eigenvalue weighted by atomic mass is 9.85. The van der Waals surface area contributed by atoms with Gasteiger partial charge in [-0.1, -0.05) is 127 Å². The number of furan rings is 2. The fraction of sp³-hybridized carbons (Fsp3) is 0.0370. The molecule has 59 heavy (non-hydrogen) atoms. The van der Waals surface area contributed by atoms with Gasteiger partial charge in [0.15, 0.2) is 0 Å². The van der Waals surface area contributed by atoms with Crippen molar-refractivity contribution in [2.24, 2.45) is 0 Å². The summed E-state index contributed by atoms with van der Waals surface area (Å²) in [4.78, 5) is 5.14. The lowest BCUT2D eigenvalue weighted by molar-refractivity contribution is 0.667. The van der Waals surface area contributed by atoms with E-state index in [0.717, 1.165) is 72.1 Å². The summed E-state index contributed by atoms with van der Waals surface area (Å²) in [5.41, 5.74) is 12.9. The minimum absolute atomic E-state index is 0.0884. The highest BCUT2D eigenvalue weighted by Gasteiger charge is 2.45. The third-order valence-electron chi connectivity index (χ3n) is 12.4. The van der Waals surface area contributed by atoms with E-state index in [9.17, 15) is 0 Å². The Kier molecular flexibility index (Phi) is 6.97. The molecule has 13 rings (SSSR count). The van der Waals surface area contributed by atoms with Crippen LogP contribution in [-0.2, 0) is 0 Å². The van der Waals surface area contributed by atoms with E-state index in [2.05, 4.69) is 198 Å². The molecule has 0 radical (unpaired) electrons. The first-order valence-corrected chi connectivity index (χ1v) is 21.0. The average Bonchev–Trinajstić information content (AvgIpc) is 4.05. The van der Waals surface area contributed by atoms with Crippen LogP contribution in [0.2, 0.25) is 0 Å². The van der Waals surface area contributed by atoms with Gasteiger partial charge in [-0.25, -0.2) is 0 Å². The van der Waals surface area contributed by atoms with Crippen LogP contribution in [0.25, 0.3) is 80.7 Å². The van der Waals surface area contributed by atoms with Gasteiger partial charge in [0.25, 0.3) is 0 Å². The molecular weight excluding hydrogens is 741 g/mol. The van der Waals surface area contributed by atoms with Crippen molar-refractivity contribution in [3.63, 3.8) is 0 Å². The minimum atomic E-state index is -0.0892. The van der Waals surface area contributed by atoms with Crippen LogP contribution in [0.15, 0.2) is 203 Å². The summed E-state index contributed by atoms with van der Waals surface area (Å²) >= 11 is 1.88. The maximum atomic E-state index is 6.81. The number of nitrogens with zero attached hydrogens (tertiary/aromatic N) is 2. The Morgan fingerprint density at radius 3 is 2.05 bits per heavy atom. The van der Waals surface area contributed by atoms with Crippen molar-refractivity contribution in [3.05, 3.63) is 200 Å². The number of allylic oxidation sites excluding steroid dienone is 2. The van der Waals surface area contributed by atoms with Crippen molar-refractivity contribution < 1.29 is 8.83 Å². The molecule has 5 heteroatoms. The molecule has 8 aromatic carbocycles. The van der Waals surface area contributed by atoms with Gasteiger partial charge in [0.1, 0.15) is 22.3 Å². The summed E-state index contributed by atoms with van der Waals surface area (Å²) in [6, 6.07) is 63.0. The maximum absolute atomic E-state index is 6.81. The SMILES string of the molecule is C1=CC(N(c2ccccc2)c2cccc3c2sc2ccccc23)C2C(=C1)c1c(cc3oc4ccccc4c3c1-c1ccc3c(c1)oc1ccccc13)N2c1ccccc1. The summed E-state index contributed by atoms with van der Waals surface area (Å²) in [7, 11) is 0. The number of benzene rings is 8. The molecule has 4 nitrogen and oxygen atoms in total. The molecule has 4 heterocycles. The molecule has 2 aliphatic rings. The summed E-state index contributed by atoms with van der Waals surface area (Å²) in [6.45, 7) is 0. The van der Waals surface area contributed by atoms with Crippen LogP contribution in [0.1, 0.15) is 5.56 Å². The van der Waals surface area contributed by atoms with Crippen LogP contribution in [-0.4, -0.2) is 12.1 Å². The molecule has 11 aromatic rings. The van der Waals surface area contributed by atoms with Gasteiger partial charge in [0, 0.05) is 65.6 Å². The van der Waals surface area contributed by atoms with E-state index in [1.54, 1.807) is 0 Å². The van der Waals surface area contributed by atoms with Gasteiger partial charge >= 0.3 is 0 Å². The van der Waals surface area contributed by atoms with E-state index in [0.29, 0.717) is 0 Å². The second kappa shape index (κ2) is 12.6. The van der Waals surface area contributed by atoms with Crippen molar-refractivity contribution >= 4 is 104 Å². The zero-order valence-corrected chi connectivity index (χ0v) is 32.6. The molecule has 278 valence electrons. The van der Waals surface area contributed by atoms with Crippen LogP contribution in [0.5, 0.6) is 0 Å². The molecular formula is C54H34N2O2S. The molecule has 1 aliphatic heterocycles. The summed E-state index contributed by atoms with van der Waals surface area (Å²) < 4.78 is 15.9. The van der Waals surface area contributed by atoms with Crippen LogP contribution in [0.3, 0.4) is 0 Å². The van der Waals surface area contributed by atoms with E-state index in [-0.39, 0.29) is 12.1 Å². The zero-order valence-electron chi connectivity index (χ0n) is 31.7. The van der Waals surface area contributed by atoms with Gasteiger partial charge in [0.2, 0.25) is 0 Å². The Labute approximate surface area is 343 Å². The van der Waals surface area contributed by atoms with Crippen molar-refractivity contribution in [1.29, 1.82) is 0 Å². The van der Waals surface area contributed by atoms with Gasteiger partial charge in [-0.3, -0.25) is 0 Å². The van der Waals surface area contributed by atoms with Crippen LogP contribution < -0.4 is 9.80 Å². The molecule has 0 N–H and O–H groups in total. The molecule has 0 amide bonds. The standard InChI is InChI=1S/C54H34N2O2S/c1-3-15-34(16-4-1)55(43-25-13-22-39-38-20-9-12-28-49(38)59-54(39)43)42-24-14-23-41-51-44(56(53(41)42)35-17-5-2-6-18-35)32-48-52(40-21-8-11-27-46(40)58-48)50(51)33-29-30-37-36-19-7-10-26-45(36)57-47(37)31-33/h1-32,42,53H. The van der Waals surface area contributed by atoms with E-state index in [1.165, 1.54) is 37.0 Å². The first-order chi connectivity index (χ1) is 29.3. The molecule has 3 aromatic heterocycles. The number of hydrogen-bond donors (Lipinski definition) is 0. The highest BCUT2D eigenvalue weighted by Crippen LogP contribution is 2.56. The number of rotatable bonds is 5. The highest BCUT2D eigenvalue weighted by molar-refractivity contribution is 7.26. The number of thiophene rings is 1. The minimum Gasteiger partial charge on any atom is -0.456 e. The summed E-state index contributed by atoms with van der Waals surface area (Å²) in [5.74, 6) is 0. The smallest absolute Gasteiger partial charge is 0.138 e. The average molecular weight is 775 g/mol. The Balaban J connectivity index is 1.10. The largest absolute Gasteiger partial charge is 0.456 e. The molecule has 0 fully saturated rings. The number of anilines is 4. The first-order valence-electron chi connectivity index (χ1n) is 20.2. The number of para-hydroxylation sites is 4. The predicted octanol–water partition coefficient (Wildman–Crippen LogP) is 15.2. The van der Waals surface area contributed by atoms with Gasteiger partial charge in [0.05, 0.1) is 28.2 Å². The van der Waals surface area contributed by atoms with E-state index in [1.807, 2.05) is 17.4 Å². The van der Waals surface area contributed by atoms with Crippen molar-refractivity contribution in [3.8, 4) is 11.1 Å². The zero-order chi connectivity index (χ0) is 38.6. The van der Waals surface area contributed by atoms with Gasteiger partial charge < -0.3 is 18.6 Å². The lowest BCUT2D eigenvalue weighted by Gasteiger charge is -2.41. The normalized spacial score (nSPS) is 16.1. The molecule has 0 saturated carbocycles. The summed E-state index contributed by atoms with van der Waals surface area (Å²) in [6.07, 6.45) is 7.03. The van der Waals surface area contributed by atoms with Gasteiger partial charge in [-0.05, 0) is 71.8 Å². The second-order valence-corrected chi connectivity index (χ2v) is 16.6. The fourth-order valence-corrected chi connectivity index (χ4v) is 11.2. The van der Waals surface area contributed by atoms with E-state index in [4.69, 9.17) is 8.83 Å². The maximum Gasteiger partial charge on any atom is 0.138 e. The highest BCUT2D eigenvalue weighted by atomic mass is 32.1. The van der Waals surface area contributed by atoms with Crippen molar-refractivity contribution in [2.75, 3.05) is 9.80 Å². The Morgan fingerprint density at radius 1 is 0.525 bits per heavy atom. The van der Waals surface area contributed by atoms with Crippen LogP contribution >= 0.6 is 11.3 Å². The third-order valence-corrected chi connectivity index (χ3v) is 13.6. The van der Waals surface area contributed by atoms with Crippen LogP contribution in [0, 0.1) is 0 Å². The number of fused-ring (bicyclic) bond motifs is 12. The van der Waals surface area contributed by atoms with Crippen LogP contribution in [0.4, 0.5) is 22.7 Å². The van der Waals surface area contributed by atoms with E-state index >= 15 is 0 Å². The molecule has 0 saturated heterocycles. The Bertz CT molecular complexity index is 3540. The second-order valence-electron chi connectivity index (χ2n) is 15.5. The lowest BCUT2D eigenvalue weighted by Crippen LogP contribution is -2.47. The Hall–Kier alpha value is -7.34. The molecule has 2 atom stereocenters. The summed E-state index contributed by atoms with van der Waals surface area (Å²) in [5, 5.41) is 7.03. The predicted molar refractivity (Wildman–Crippen MR) is 248 cm³/mol. The number of hydrogen-bond acceptors (Lipinski definition) is 5. The topological polar surface area (TPSA) is 32.8 Å². The molecule has 2 unspecified atom stereocenters. The van der Waals surface area contributed by atoms with Gasteiger partial charge in [-0.15, -0.1) is 11.3 Å². The van der Waals surface area contributed by atoms with E-state index < -0.39 is 0 Å². The monoisotopic (exact) mass is 774 g/mol. The quantitative estimate of drug-likeness (QED) is 0.174. The van der Waals surface area contributed by atoms with Crippen molar-refractivity contribution in [2.45, 2.75) is 12.1 Å². The molecule has 1 aliphatic carbocycles. The first kappa shape index (κ1) is 32.7. The van der Waals surface area contributed by atoms with Gasteiger partial charge in [-0.2, -0.15) is 0 Å². The molecule has 0 spiro atoms. The fourth-order valence-electron chi connectivity index (χ4n) is 9.96. The van der Waals surface area contributed by atoms with Crippen molar-refractivity contribution in [1.82, 2.24) is 0 Å². The third kappa shape index (κ3) is 4.77. The Morgan fingerprint density at radius 2 is 1.20 bits per heavy atom.